The van der Waals surface area contributed by atoms with E-state index in [4.69, 9.17) is 5.73 Å². The highest BCUT2D eigenvalue weighted by atomic mass is 16.2. The van der Waals surface area contributed by atoms with Crippen molar-refractivity contribution in [2.24, 2.45) is 5.73 Å². The molecule has 1 saturated heterocycles. The normalized spacial score (nSPS) is 27.3. The van der Waals surface area contributed by atoms with Crippen LogP contribution in [0.15, 0.2) is 0 Å². The first-order chi connectivity index (χ1) is 9.02. The zero-order valence-electron chi connectivity index (χ0n) is 10.5. The van der Waals surface area contributed by atoms with Crippen LogP contribution < -0.4 is 21.7 Å². The molecule has 0 bridgehead atoms. The van der Waals surface area contributed by atoms with Crippen LogP contribution in [0.2, 0.25) is 0 Å². The Kier molecular flexibility index (Phi) is 6.10. The van der Waals surface area contributed by atoms with E-state index in [1.807, 2.05) is 0 Å². The molecule has 0 aromatic rings. The van der Waals surface area contributed by atoms with Crippen molar-refractivity contribution in [1.29, 1.82) is 0 Å². The Balaban J connectivity index is 2.66. The number of Topliss-reactive ketones (excluding diaryl/α,β-unsaturated/α-hetero) is 1. The fraction of sp³-hybridized carbons (Fsp3) is 0.636. The third kappa shape index (κ3) is 5.58. The van der Waals surface area contributed by atoms with Gasteiger partial charge < -0.3 is 26.5 Å². The van der Waals surface area contributed by atoms with Gasteiger partial charge in [0.15, 0.2) is 5.78 Å². The van der Waals surface area contributed by atoms with E-state index in [1.165, 1.54) is 0 Å². The van der Waals surface area contributed by atoms with Gasteiger partial charge in [0, 0.05) is 13.0 Å². The molecule has 0 radical (unpaired) electrons. The molecule has 8 nitrogen and oxygen atoms in total. The van der Waals surface area contributed by atoms with Crippen molar-refractivity contribution >= 4 is 23.9 Å². The molecule has 0 saturated carbocycles. The van der Waals surface area contributed by atoms with Gasteiger partial charge in [0.05, 0.1) is 25.2 Å². The average Bonchev–Trinajstić information content (AvgIpc) is 2.40. The monoisotopic (exact) mass is 270 g/mol. The lowest BCUT2D eigenvalue weighted by Crippen LogP contribution is -2.43. The Morgan fingerprint density at radius 1 is 1.11 bits per heavy atom. The largest absolute Gasteiger partial charge is 0.354 e. The van der Waals surface area contributed by atoms with E-state index in [9.17, 15) is 19.2 Å². The van der Waals surface area contributed by atoms with Gasteiger partial charge in [-0.3, -0.25) is 14.4 Å². The van der Waals surface area contributed by atoms with Gasteiger partial charge in [0.1, 0.15) is 6.29 Å². The number of carbonyl (C=O) groups excluding carboxylic acids is 4. The number of hydrogen-bond acceptors (Lipinski definition) is 6. The number of nitrogens with two attached hydrogens (primary N) is 1. The predicted octanol–water partition coefficient (Wildman–Crippen LogP) is -2.93. The van der Waals surface area contributed by atoms with Gasteiger partial charge in [-0.1, -0.05) is 0 Å². The molecule has 19 heavy (non-hydrogen) atoms. The van der Waals surface area contributed by atoms with E-state index in [1.54, 1.807) is 0 Å². The van der Waals surface area contributed by atoms with Gasteiger partial charge in [-0.2, -0.15) is 0 Å². The molecule has 1 heterocycles. The summed E-state index contributed by atoms with van der Waals surface area (Å²) in [6, 6.07) is -1.47. The molecule has 1 rings (SSSR count). The van der Waals surface area contributed by atoms with Gasteiger partial charge in [0.2, 0.25) is 11.8 Å². The van der Waals surface area contributed by atoms with Crippen LogP contribution in [0.25, 0.3) is 0 Å². The maximum absolute atomic E-state index is 11.6. The number of aldehydes is 1. The first kappa shape index (κ1) is 15.3. The summed E-state index contributed by atoms with van der Waals surface area (Å²) in [5, 5.41) is 7.60. The molecule has 1 aliphatic heterocycles. The van der Waals surface area contributed by atoms with Crippen molar-refractivity contribution in [3.8, 4) is 0 Å². The average molecular weight is 270 g/mol. The highest BCUT2D eigenvalue weighted by molar-refractivity contribution is 5.88. The smallest absolute Gasteiger partial charge is 0.239 e. The molecule has 0 aliphatic carbocycles. The van der Waals surface area contributed by atoms with Gasteiger partial charge >= 0.3 is 0 Å². The zero-order valence-corrected chi connectivity index (χ0v) is 10.5. The van der Waals surface area contributed by atoms with E-state index >= 15 is 0 Å². The minimum absolute atomic E-state index is 0.0776. The molecule has 2 atom stereocenters. The summed E-state index contributed by atoms with van der Waals surface area (Å²) in [6.07, 6.45) is 0.739. The Bertz CT molecular complexity index is 372. The van der Waals surface area contributed by atoms with Crippen LogP contribution in [0.5, 0.6) is 0 Å². The second-order valence-electron chi connectivity index (χ2n) is 4.32. The summed E-state index contributed by atoms with van der Waals surface area (Å²) in [5.41, 5.74) is 5.65. The Hall–Kier alpha value is -1.80. The van der Waals surface area contributed by atoms with Crippen LogP contribution in [-0.4, -0.2) is 55.6 Å². The Morgan fingerprint density at radius 2 is 1.84 bits per heavy atom. The van der Waals surface area contributed by atoms with Gasteiger partial charge in [-0.25, -0.2) is 0 Å². The third-order valence-electron chi connectivity index (χ3n) is 2.75. The number of ketones is 1. The lowest BCUT2D eigenvalue weighted by molar-refractivity contribution is -0.127. The van der Waals surface area contributed by atoms with Crippen molar-refractivity contribution < 1.29 is 19.2 Å². The molecule has 5 N–H and O–H groups in total. The maximum atomic E-state index is 11.6. The fourth-order valence-corrected chi connectivity index (χ4v) is 1.57. The lowest BCUT2D eigenvalue weighted by Gasteiger charge is -2.13. The van der Waals surface area contributed by atoms with E-state index in [2.05, 4.69) is 16.0 Å². The molecule has 1 aliphatic rings. The molecule has 8 heteroatoms. The summed E-state index contributed by atoms with van der Waals surface area (Å²) in [6.45, 7) is 0.0259. The van der Waals surface area contributed by atoms with Crippen molar-refractivity contribution in [2.45, 2.75) is 24.9 Å². The Labute approximate surface area is 110 Å². The molecule has 0 aromatic heterocycles. The maximum Gasteiger partial charge on any atom is 0.239 e. The predicted molar refractivity (Wildman–Crippen MR) is 66.1 cm³/mol. The highest BCUT2D eigenvalue weighted by Gasteiger charge is 2.19. The molecule has 2 amide bonds. The van der Waals surface area contributed by atoms with Crippen molar-refractivity contribution in [2.75, 3.05) is 19.6 Å². The number of hydrogen-bond donors (Lipinski definition) is 4. The minimum Gasteiger partial charge on any atom is -0.354 e. The van der Waals surface area contributed by atoms with Crippen LogP contribution in [0.4, 0.5) is 0 Å². The number of carbonyl (C=O) groups is 4. The van der Waals surface area contributed by atoms with Crippen molar-refractivity contribution in [3.05, 3.63) is 0 Å². The van der Waals surface area contributed by atoms with Gasteiger partial charge in [-0.15, -0.1) is 0 Å². The summed E-state index contributed by atoms with van der Waals surface area (Å²) >= 11 is 0. The molecule has 106 valence electrons. The summed E-state index contributed by atoms with van der Waals surface area (Å²) in [4.78, 5) is 45.2. The standard InChI is InChI=1S/C11H18N4O4/c12-8-1-2-13-11(19)5-15-10(18)3-7(6-16)14-4-9(8)17/h6-8,14H,1-5,12H2,(H,13,19)(H,15,18). The fourth-order valence-electron chi connectivity index (χ4n) is 1.57. The SMILES string of the molecule is NC1CCNC(=O)CNC(=O)CC(C=O)NCC1=O. The van der Waals surface area contributed by atoms with E-state index in [0.717, 1.165) is 0 Å². The van der Waals surface area contributed by atoms with Gasteiger partial charge in [-0.05, 0) is 6.42 Å². The Morgan fingerprint density at radius 3 is 2.53 bits per heavy atom. The molecule has 0 spiro atoms. The number of nitrogens with one attached hydrogen (secondary N) is 3. The molecular weight excluding hydrogens is 252 g/mol. The summed E-state index contributed by atoms with van der Waals surface area (Å²) < 4.78 is 0. The van der Waals surface area contributed by atoms with Gasteiger partial charge in [0.25, 0.3) is 0 Å². The molecule has 0 aromatic carbocycles. The summed E-state index contributed by atoms with van der Waals surface area (Å²) in [5.74, 6) is -1.06. The zero-order chi connectivity index (χ0) is 14.3. The number of amides is 2. The van der Waals surface area contributed by atoms with Crippen LogP contribution in [0.1, 0.15) is 12.8 Å². The highest BCUT2D eigenvalue weighted by Crippen LogP contribution is 1.93. The van der Waals surface area contributed by atoms with Crippen molar-refractivity contribution in [3.63, 3.8) is 0 Å². The van der Waals surface area contributed by atoms with E-state index in [0.29, 0.717) is 12.7 Å². The van der Waals surface area contributed by atoms with Crippen LogP contribution in [-0.2, 0) is 19.2 Å². The first-order valence-electron chi connectivity index (χ1n) is 6.03. The van der Waals surface area contributed by atoms with E-state index < -0.39 is 18.0 Å². The number of rotatable bonds is 1. The first-order valence-corrected chi connectivity index (χ1v) is 6.03. The molecular formula is C11H18N4O4. The lowest BCUT2D eigenvalue weighted by atomic mass is 10.1. The second kappa shape index (κ2) is 7.59. The molecule has 1 fully saturated rings. The van der Waals surface area contributed by atoms with E-state index in [-0.39, 0.29) is 37.7 Å². The second-order valence-corrected chi connectivity index (χ2v) is 4.32. The molecule has 2 unspecified atom stereocenters. The minimum atomic E-state index is -0.764. The summed E-state index contributed by atoms with van der Waals surface area (Å²) in [7, 11) is 0. The topological polar surface area (TPSA) is 130 Å². The third-order valence-corrected chi connectivity index (χ3v) is 2.75. The van der Waals surface area contributed by atoms with Crippen LogP contribution in [0.3, 0.4) is 0 Å². The quantitative estimate of drug-likeness (QED) is 0.377. The van der Waals surface area contributed by atoms with Crippen LogP contribution >= 0.6 is 0 Å². The van der Waals surface area contributed by atoms with Crippen molar-refractivity contribution in [1.82, 2.24) is 16.0 Å². The van der Waals surface area contributed by atoms with Crippen LogP contribution in [0, 0.1) is 0 Å².